The van der Waals surface area contributed by atoms with Crippen molar-refractivity contribution in [1.82, 2.24) is 4.90 Å². The monoisotopic (exact) mass is 365 g/mol. The number of carbonyl (C=O) groups excluding carboxylic acids is 2. The summed E-state index contributed by atoms with van der Waals surface area (Å²) in [6.07, 6.45) is 0. The van der Waals surface area contributed by atoms with Gasteiger partial charge in [0.1, 0.15) is 0 Å². The Morgan fingerprint density at radius 2 is 1.78 bits per heavy atom. The minimum atomic E-state index is -0.415. The van der Waals surface area contributed by atoms with Crippen molar-refractivity contribution in [1.29, 1.82) is 5.26 Å². The molecular weight excluding hydrogens is 342 g/mol. The van der Waals surface area contributed by atoms with E-state index in [1.54, 1.807) is 36.4 Å². The highest BCUT2D eigenvalue weighted by Crippen LogP contribution is 2.20. The molecule has 1 N–H and O–H groups in total. The highest BCUT2D eigenvalue weighted by atomic mass is 16.5. The molecule has 0 unspecified atom stereocenters. The third-order valence-corrected chi connectivity index (χ3v) is 4.41. The number of benzene rings is 2. The molecule has 0 heterocycles. The SMILES string of the molecule is CCN(CC(=O)Nc1ccc(C(=O)OC)cc1)[C@H](C)c1ccc(C#N)cc1. The van der Waals surface area contributed by atoms with E-state index in [2.05, 4.69) is 16.1 Å². The Hall–Kier alpha value is -3.17. The van der Waals surface area contributed by atoms with Crippen molar-refractivity contribution in [3.63, 3.8) is 0 Å². The number of nitrogens with one attached hydrogen (secondary N) is 1. The van der Waals surface area contributed by atoms with Gasteiger partial charge in [0.15, 0.2) is 0 Å². The van der Waals surface area contributed by atoms with Crippen LogP contribution >= 0.6 is 0 Å². The van der Waals surface area contributed by atoms with Gasteiger partial charge in [0.05, 0.1) is 30.9 Å². The standard InChI is InChI=1S/C21H23N3O3/c1-4-24(15(2)17-7-5-16(13-22)6-8-17)14-20(25)23-19-11-9-18(10-12-19)21(26)27-3/h5-12,15H,4,14H2,1-3H3,(H,23,25)/t15-/m1/s1. The van der Waals surface area contributed by atoms with Gasteiger partial charge in [-0.2, -0.15) is 5.26 Å². The number of ether oxygens (including phenoxy) is 1. The third-order valence-electron chi connectivity index (χ3n) is 4.41. The molecule has 0 saturated carbocycles. The predicted molar refractivity (Wildman–Crippen MR) is 103 cm³/mol. The number of amides is 1. The summed E-state index contributed by atoms with van der Waals surface area (Å²) >= 11 is 0. The van der Waals surface area contributed by atoms with Gasteiger partial charge >= 0.3 is 5.97 Å². The lowest BCUT2D eigenvalue weighted by molar-refractivity contribution is -0.117. The van der Waals surface area contributed by atoms with Crippen LogP contribution in [-0.4, -0.2) is 37.0 Å². The zero-order valence-corrected chi connectivity index (χ0v) is 15.7. The predicted octanol–water partition coefficient (Wildman–Crippen LogP) is 3.37. The highest BCUT2D eigenvalue weighted by molar-refractivity contribution is 5.94. The summed E-state index contributed by atoms with van der Waals surface area (Å²) in [5.41, 5.74) is 2.71. The highest BCUT2D eigenvalue weighted by Gasteiger charge is 2.17. The molecular formula is C21H23N3O3. The van der Waals surface area contributed by atoms with E-state index in [1.807, 2.05) is 30.9 Å². The maximum absolute atomic E-state index is 12.4. The molecule has 0 aliphatic rings. The second-order valence-corrected chi connectivity index (χ2v) is 6.09. The maximum atomic E-state index is 12.4. The fourth-order valence-electron chi connectivity index (χ4n) is 2.76. The Morgan fingerprint density at radius 1 is 1.15 bits per heavy atom. The van der Waals surface area contributed by atoms with Crippen LogP contribution in [0, 0.1) is 11.3 Å². The average molecular weight is 365 g/mol. The first-order valence-electron chi connectivity index (χ1n) is 8.70. The van der Waals surface area contributed by atoms with Crippen LogP contribution in [0.15, 0.2) is 48.5 Å². The van der Waals surface area contributed by atoms with Crippen molar-refractivity contribution in [3.8, 4) is 6.07 Å². The molecule has 1 amide bonds. The van der Waals surface area contributed by atoms with Crippen molar-refractivity contribution in [3.05, 3.63) is 65.2 Å². The van der Waals surface area contributed by atoms with Crippen LogP contribution in [0.2, 0.25) is 0 Å². The lowest BCUT2D eigenvalue weighted by Gasteiger charge is -2.27. The summed E-state index contributed by atoms with van der Waals surface area (Å²) in [4.78, 5) is 25.9. The van der Waals surface area contributed by atoms with Crippen molar-refractivity contribution < 1.29 is 14.3 Å². The number of esters is 1. The molecule has 0 saturated heterocycles. The Bertz CT molecular complexity index is 823. The molecule has 27 heavy (non-hydrogen) atoms. The number of nitrogens with zero attached hydrogens (tertiary/aromatic N) is 2. The van der Waals surface area contributed by atoms with Crippen molar-refractivity contribution in [2.45, 2.75) is 19.9 Å². The van der Waals surface area contributed by atoms with Crippen LogP contribution in [0.4, 0.5) is 5.69 Å². The number of methoxy groups -OCH3 is 1. The molecule has 2 aromatic carbocycles. The molecule has 1 atom stereocenters. The number of hydrogen-bond acceptors (Lipinski definition) is 5. The smallest absolute Gasteiger partial charge is 0.337 e. The number of anilines is 1. The van der Waals surface area contributed by atoms with Gasteiger partial charge in [-0.1, -0.05) is 19.1 Å². The summed E-state index contributed by atoms with van der Waals surface area (Å²) in [6, 6.07) is 16.1. The number of likely N-dealkylation sites (N-methyl/N-ethyl adjacent to an activating group) is 1. The fraction of sp³-hybridized carbons (Fsp3) is 0.286. The summed E-state index contributed by atoms with van der Waals surface area (Å²) in [5, 5.41) is 11.7. The lowest BCUT2D eigenvalue weighted by Crippen LogP contribution is -2.35. The Kier molecular flexibility index (Phi) is 7.09. The van der Waals surface area contributed by atoms with Gasteiger partial charge in [-0.05, 0) is 55.4 Å². The Labute approximate surface area is 159 Å². The zero-order valence-electron chi connectivity index (χ0n) is 15.7. The molecule has 0 fully saturated rings. The van der Waals surface area contributed by atoms with Gasteiger partial charge in [0, 0.05) is 11.7 Å². The number of hydrogen-bond donors (Lipinski definition) is 1. The van der Waals surface area contributed by atoms with E-state index in [4.69, 9.17) is 5.26 Å². The van der Waals surface area contributed by atoms with E-state index >= 15 is 0 Å². The first-order chi connectivity index (χ1) is 13.0. The van der Waals surface area contributed by atoms with E-state index in [0.717, 1.165) is 5.56 Å². The topological polar surface area (TPSA) is 82.4 Å². The van der Waals surface area contributed by atoms with Crippen molar-refractivity contribution in [2.24, 2.45) is 0 Å². The van der Waals surface area contributed by atoms with Crippen molar-refractivity contribution >= 4 is 17.6 Å². The second-order valence-electron chi connectivity index (χ2n) is 6.09. The first-order valence-corrected chi connectivity index (χ1v) is 8.70. The van der Waals surface area contributed by atoms with Gasteiger partial charge in [0.2, 0.25) is 5.91 Å². The van der Waals surface area contributed by atoms with Gasteiger partial charge in [0.25, 0.3) is 0 Å². The van der Waals surface area contributed by atoms with Gasteiger partial charge < -0.3 is 10.1 Å². The summed E-state index contributed by atoms with van der Waals surface area (Å²) in [7, 11) is 1.33. The van der Waals surface area contributed by atoms with Crippen LogP contribution < -0.4 is 5.32 Å². The molecule has 6 heteroatoms. The van der Waals surface area contributed by atoms with Crippen LogP contribution in [0.1, 0.15) is 41.4 Å². The molecule has 2 rings (SSSR count). The number of carbonyl (C=O) groups is 2. The van der Waals surface area contributed by atoms with Gasteiger partial charge in [-0.3, -0.25) is 9.69 Å². The first kappa shape index (κ1) is 20.1. The number of rotatable bonds is 7. The van der Waals surface area contributed by atoms with Gasteiger partial charge in [-0.15, -0.1) is 0 Å². The van der Waals surface area contributed by atoms with Crippen LogP contribution in [0.25, 0.3) is 0 Å². The molecule has 0 aromatic heterocycles. The quantitative estimate of drug-likeness (QED) is 0.761. The second kappa shape index (κ2) is 9.51. The zero-order chi connectivity index (χ0) is 19.8. The third kappa shape index (κ3) is 5.40. The van der Waals surface area contributed by atoms with E-state index in [-0.39, 0.29) is 18.5 Å². The van der Waals surface area contributed by atoms with E-state index < -0.39 is 5.97 Å². The minimum Gasteiger partial charge on any atom is -0.465 e. The minimum absolute atomic E-state index is 0.0372. The summed E-state index contributed by atoms with van der Waals surface area (Å²) < 4.78 is 4.66. The molecule has 0 radical (unpaired) electrons. The van der Waals surface area contributed by atoms with E-state index in [1.165, 1.54) is 7.11 Å². The maximum Gasteiger partial charge on any atom is 0.337 e. The molecule has 0 aliphatic carbocycles. The van der Waals surface area contributed by atoms with Crippen LogP contribution in [0.5, 0.6) is 0 Å². The molecule has 140 valence electrons. The summed E-state index contributed by atoms with van der Waals surface area (Å²) in [5.74, 6) is -0.551. The Balaban J connectivity index is 1.99. The van der Waals surface area contributed by atoms with Crippen LogP contribution in [-0.2, 0) is 9.53 Å². The van der Waals surface area contributed by atoms with E-state index in [9.17, 15) is 9.59 Å². The summed E-state index contributed by atoms with van der Waals surface area (Å²) in [6.45, 7) is 4.97. The normalized spacial score (nSPS) is 11.5. The Morgan fingerprint density at radius 3 is 2.30 bits per heavy atom. The molecule has 6 nitrogen and oxygen atoms in total. The molecule has 0 bridgehead atoms. The van der Waals surface area contributed by atoms with E-state index in [0.29, 0.717) is 23.4 Å². The largest absolute Gasteiger partial charge is 0.465 e. The average Bonchev–Trinajstić information content (AvgIpc) is 2.71. The molecule has 0 spiro atoms. The van der Waals surface area contributed by atoms with Crippen molar-refractivity contribution in [2.75, 3.05) is 25.5 Å². The van der Waals surface area contributed by atoms with Crippen LogP contribution in [0.3, 0.4) is 0 Å². The fourth-order valence-corrected chi connectivity index (χ4v) is 2.76. The molecule has 0 aliphatic heterocycles. The lowest BCUT2D eigenvalue weighted by atomic mass is 10.0. The molecule has 2 aromatic rings. The number of nitriles is 1. The van der Waals surface area contributed by atoms with Gasteiger partial charge in [-0.25, -0.2) is 4.79 Å².